The third kappa shape index (κ3) is 2.59. The lowest BCUT2D eigenvalue weighted by molar-refractivity contribution is 0.287. The topological polar surface area (TPSA) is 12.5 Å². The molecule has 3 heteroatoms. The number of halogens is 1. The Hall–Kier alpha value is -1.74. The average Bonchev–Trinajstić information content (AvgIpc) is 2.48. The maximum absolute atomic E-state index is 5.97. The number of benzene rings is 2. The number of hydrogen-bond acceptors (Lipinski definition) is 2. The highest BCUT2D eigenvalue weighted by Gasteiger charge is 2.19. The van der Waals surface area contributed by atoms with Crippen LogP contribution in [0.15, 0.2) is 59.6 Å². The van der Waals surface area contributed by atoms with Crippen LogP contribution in [-0.2, 0) is 13.0 Å². The minimum Gasteiger partial charge on any atom is -0.472 e. The highest BCUT2D eigenvalue weighted by molar-refractivity contribution is 9.10. The van der Waals surface area contributed by atoms with Gasteiger partial charge in [0.1, 0.15) is 5.75 Å². The van der Waals surface area contributed by atoms with Gasteiger partial charge in [0.2, 0.25) is 0 Å². The highest BCUT2D eigenvalue weighted by Crippen LogP contribution is 2.32. The van der Waals surface area contributed by atoms with E-state index in [1.54, 1.807) is 0 Å². The van der Waals surface area contributed by atoms with Crippen LogP contribution in [0, 0.1) is 0 Å². The van der Waals surface area contributed by atoms with Gasteiger partial charge in [-0.2, -0.15) is 0 Å². The molecule has 1 heterocycles. The smallest absolute Gasteiger partial charge is 0.161 e. The van der Waals surface area contributed by atoms with Crippen LogP contribution in [-0.4, -0.2) is 6.73 Å². The lowest BCUT2D eigenvalue weighted by Gasteiger charge is -2.31. The van der Waals surface area contributed by atoms with Crippen molar-refractivity contribution in [1.82, 2.24) is 0 Å². The van der Waals surface area contributed by atoms with Crippen molar-refractivity contribution in [3.63, 3.8) is 0 Å². The van der Waals surface area contributed by atoms with Gasteiger partial charge >= 0.3 is 0 Å². The molecule has 0 fully saturated rings. The van der Waals surface area contributed by atoms with Gasteiger partial charge in [-0.15, -0.1) is 6.58 Å². The Morgan fingerprint density at radius 2 is 2.00 bits per heavy atom. The van der Waals surface area contributed by atoms with Crippen molar-refractivity contribution in [3.8, 4) is 5.75 Å². The van der Waals surface area contributed by atoms with Crippen molar-refractivity contribution >= 4 is 21.6 Å². The molecule has 0 saturated carbocycles. The van der Waals surface area contributed by atoms with E-state index in [-0.39, 0.29) is 0 Å². The summed E-state index contributed by atoms with van der Waals surface area (Å²) in [6.07, 6.45) is 2.77. The van der Waals surface area contributed by atoms with Gasteiger partial charge in [0, 0.05) is 22.3 Å². The van der Waals surface area contributed by atoms with Gasteiger partial charge in [-0.1, -0.05) is 40.2 Å². The van der Waals surface area contributed by atoms with Crippen LogP contribution in [0.25, 0.3) is 0 Å². The molecule has 0 bridgehead atoms. The molecule has 2 aromatic rings. The van der Waals surface area contributed by atoms with Crippen LogP contribution in [0.5, 0.6) is 5.75 Å². The fraction of sp³-hybridized carbons (Fsp3) is 0.176. The van der Waals surface area contributed by atoms with Crippen molar-refractivity contribution in [2.75, 3.05) is 11.6 Å². The van der Waals surface area contributed by atoms with E-state index < -0.39 is 0 Å². The van der Waals surface area contributed by atoms with Crippen molar-refractivity contribution in [1.29, 1.82) is 0 Å². The molecule has 2 nitrogen and oxygen atoms in total. The van der Waals surface area contributed by atoms with Crippen LogP contribution < -0.4 is 9.64 Å². The lowest BCUT2D eigenvalue weighted by atomic mass is 10.0. The van der Waals surface area contributed by atoms with Gasteiger partial charge in [-0.25, -0.2) is 0 Å². The molecule has 0 spiro atoms. The Balaban J connectivity index is 1.87. The zero-order valence-corrected chi connectivity index (χ0v) is 12.8. The van der Waals surface area contributed by atoms with E-state index in [0.29, 0.717) is 6.73 Å². The molecule has 2 aromatic carbocycles. The molecular weight excluding hydrogens is 314 g/mol. The first kappa shape index (κ1) is 13.3. The standard InChI is InChI=1S/C17H16BrNO/c1-2-4-13-5-3-6-14-11-19(12-20-17(13)14)16-9-7-15(18)8-10-16/h2-3,5-10H,1,4,11-12H2. The first-order valence-corrected chi connectivity index (χ1v) is 7.42. The van der Waals surface area contributed by atoms with Gasteiger partial charge in [-0.05, 0) is 36.2 Å². The van der Waals surface area contributed by atoms with Crippen molar-refractivity contribution in [2.45, 2.75) is 13.0 Å². The summed E-state index contributed by atoms with van der Waals surface area (Å²) in [6.45, 7) is 5.27. The molecular formula is C17H16BrNO. The van der Waals surface area contributed by atoms with Crippen molar-refractivity contribution < 1.29 is 4.74 Å². The summed E-state index contributed by atoms with van der Waals surface area (Å²) in [5.74, 6) is 1.03. The summed E-state index contributed by atoms with van der Waals surface area (Å²) in [4.78, 5) is 2.23. The number of nitrogens with zero attached hydrogens (tertiary/aromatic N) is 1. The van der Waals surface area contributed by atoms with E-state index in [9.17, 15) is 0 Å². The predicted octanol–water partition coefficient (Wildman–Crippen LogP) is 4.53. The van der Waals surface area contributed by atoms with Crippen LogP contribution in [0.1, 0.15) is 11.1 Å². The number of fused-ring (bicyclic) bond motifs is 1. The number of allylic oxidation sites excluding steroid dienone is 1. The molecule has 3 rings (SSSR count). The van der Waals surface area contributed by atoms with Gasteiger partial charge in [0.25, 0.3) is 0 Å². The SMILES string of the molecule is C=CCc1cccc2c1OCN(c1ccc(Br)cc1)C2. The predicted molar refractivity (Wildman–Crippen MR) is 86.2 cm³/mol. The average molecular weight is 330 g/mol. The second-order valence-electron chi connectivity index (χ2n) is 4.85. The van der Waals surface area contributed by atoms with Crippen LogP contribution in [0.2, 0.25) is 0 Å². The maximum atomic E-state index is 5.97. The van der Waals surface area contributed by atoms with Crippen molar-refractivity contribution in [2.24, 2.45) is 0 Å². The molecule has 0 amide bonds. The third-order valence-electron chi connectivity index (χ3n) is 3.46. The van der Waals surface area contributed by atoms with E-state index in [1.807, 2.05) is 6.08 Å². The summed E-state index contributed by atoms with van der Waals surface area (Å²) in [7, 11) is 0. The Bertz CT molecular complexity index is 621. The Morgan fingerprint density at radius 1 is 1.20 bits per heavy atom. The summed E-state index contributed by atoms with van der Waals surface area (Å²) in [5, 5.41) is 0. The molecule has 102 valence electrons. The first-order chi connectivity index (χ1) is 9.78. The fourth-order valence-electron chi connectivity index (χ4n) is 2.48. The first-order valence-electron chi connectivity index (χ1n) is 6.63. The molecule has 0 N–H and O–H groups in total. The molecule has 0 radical (unpaired) electrons. The van der Waals surface area contributed by atoms with Gasteiger partial charge in [-0.3, -0.25) is 0 Å². The zero-order valence-electron chi connectivity index (χ0n) is 11.2. The summed E-state index contributed by atoms with van der Waals surface area (Å²) < 4.78 is 7.06. The zero-order chi connectivity index (χ0) is 13.9. The summed E-state index contributed by atoms with van der Waals surface area (Å²) >= 11 is 3.46. The number of ether oxygens (including phenoxy) is 1. The molecule has 1 aliphatic rings. The monoisotopic (exact) mass is 329 g/mol. The van der Waals surface area contributed by atoms with Gasteiger partial charge in [0.15, 0.2) is 6.73 Å². The Kier molecular flexibility index (Phi) is 3.79. The third-order valence-corrected chi connectivity index (χ3v) is 3.99. The second-order valence-corrected chi connectivity index (χ2v) is 5.76. The molecule has 1 aliphatic heterocycles. The molecule has 0 aliphatic carbocycles. The van der Waals surface area contributed by atoms with Crippen LogP contribution in [0.4, 0.5) is 5.69 Å². The molecule has 20 heavy (non-hydrogen) atoms. The van der Waals surface area contributed by atoms with Crippen LogP contribution in [0.3, 0.4) is 0 Å². The number of para-hydroxylation sites is 1. The van der Waals surface area contributed by atoms with E-state index in [1.165, 1.54) is 16.8 Å². The van der Waals surface area contributed by atoms with Gasteiger partial charge in [0.05, 0.1) is 0 Å². The van der Waals surface area contributed by atoms with E-state index in [2.05, 4.69) is 69.9 Å². The van der Waals surface area contributed by atoms with E-state index in [0.717, 1.165) is 23.2 Å². The second kappa shape index (κ2) is 5.71. The van der Waals surface area contributed by atoms with E-state index >= 15 is 0 Å². The number of rotatable bonds is 3. The highest BCUT2D eigenvalue weighted by atomic mass is 79.9. The van der Waals surface area contributed by atoms with Crippen molar-refractivity contribution in [3.05, 3.63) is 70.7 Å². The quantitative estimate of drug-likeness (QED) is 0.767. The summed E-state index contributed by atoms with van der Waals surface area (Å²) in [5.41, 5.74) is 3.62. The van der Waals surface area contributed by atoms with Crippen LogP contribution >= 0.6 is 15.9 Å². The minimum atomic E-state index is 0.586. The fourth-order valence-corrected chi connectivity index (χ4v) is 2.74. The Labute approximate surface area is 127 Å². The largest absolute Gasteiger partial charge is 0.472 e. The molecule has 0 atom stereocenters. The lowest BCUT2D eigenvalue weighted by Crippen LogP contribution is -2.32. The minimum absolute atomic E-state index is 0.586. The number of anilines is 1. The Morgan fingerprint density at radius 3 is 2.75 bits per heavy atom. The maximum Gasteiger partial charge on any atom is 0.161 e. The molecule has 0 aromatic heterocycles. The number of hydrogen-bond donors (Lipinski definition) is 0. The molecule has 0 saturated heterocycles. The normalized spacial score (nSPS) is 13.6. The van der Waals surface area contributed by atoms with E-state index in [4.69, 9.17) is 4.74 Å². The molecule has 0 unspecified atom stereocenters. The van der Waals surface area contributed by atoms with Gasteiger partial charge < -0.3 is 9.64 Å². The summed E-state index contributed by atoms with van der Waals surface area (Å²) in [6, 6.07) is 14.6.